The van der Waals surface area contributed by atoms with E-state index in [2.05, 4.69) is 30.0 Å². The monoisotopic (exact) mass is 415 g/mol. The Labute approximate surface area is 176 Å². The lowest BCUT2D eigenvalue weighted by Gasteiger charge is -2.37. The second-order valence-electron chi connectivity index (χ2n) is 7.64. The van der Waals surface area contributed by atoms with Crippen LogP contribution in [-0.4, -0.2) is 80.4 Å². The van der Waals surface area contributed by atoms with Crippen LogP contribution in [0.15, 0.2) is 30.6 Å². The Morgan fingerprint density at radius 3 is 2.40 bits per heavy atom. The van der Waals surface area contributed by atoms with Crippen LogP contribution in [0.1, 0.15) is 6.42 Å². The zero-order valence-electron chi connectivity index (χ0n) is 17.3. The number of hydrogen-bond acceptors (Lipinski definition) is 8. The molecule has 2 aliphatic heterocycles. The molecule has 2 aliphatic rings. The quantitative estimate of drug-likeness (QED) is 0.661. The minimum absolute atomic E-state index is 0.212. The van der Waals surface area contributed by atoms with Gasteiger partial charge >= 0.3 is 0 Å². The summed E-state index contributed by atoms with van der Waals surface area (Å²) in [5.74, 6) is 1.26. The van der Waals surface area contributed by atoms with Gasteiger partial charge in [-0.1, -0.05) is 0 Å². The predicted octanol–water partition coefficient (Wildman–Crippen LogP) is 1.66. The number of anilines is 4. The molecule has 30 heavy (non-hydrogen) atoms. The normalized spacial score (nSPS) is 17.9. The van der Waals surface area contributed by atoms with Gasteiger partial charge in [0.2, 0.25) is 0 Å². The molecule has 0 amide bonds. The third kappa shape index (κ3) is 5.09. The van der Waals surface area contributed by atoms with Crippen molar-refractivity contribution in [2.75, 3.05) is 86.4 Å². The van der Waals surface area contributed by atoms with Crippen molar-refractivity contribution in [3.05, 3.63) is 36.4 Å². The number of nitrogens with two attached hydrogens (primary N) is 1. The zero-order chi connectivity index (χ0) is 20.8. The summed E-state index contributed by atoms with van der Waals surface area (Å²) in [6, 6.07) is 6.65. The zero-order valence-corrected chi connectivity index (χ0v) is 17.3. The number of morpholine rings is 1. The first-order valence-electron chi connectivity index (χ1n) is 10.6. The first-order valence-corrected chi connectivity index (χ1v) is 10.6. The van der Waals surface area contributed by atoms with Gasteiger partial charge in [-0.3, -0.25) is 4.90 Å². The van der Waals surface area contributed by atoms with Crippen molar-refractivity contribution < 1.29 is 9.13 Å². The second kappa shape index (κ2) is 9.90. The third-order valence-electron chi connectivity index (χ3n) is 5.68. The van der Waals surface area contributed by atoms with E-state index in [4.69, 9.17) is 10.5 Å². The highest BCUT2D eigenvalue weighted by atomic mass is 19.1. The van der Waals surface area contributed by atoms with Crippen molar-refractivity contribution in [3.8, 4) is 0 Å². The van der Waals surface area contributed by atoms with Gasteiger partial charge in [0.1, 0.15) is 17.8 Å². The van der Waals surface area contributed by atoms with E-state index in [1.54, 1.807) is 6.33 Å². The molecule has 3 heterocycles. The average Bonchev–Trinajstić information content (AvgIpc) is 2.79. The number of aromatic nitrogens is 2. The van der Waals surface area contributed by atoms with Crippen molar-refractivity contribution in [1.82, 2.24) is 14.9 Å². The summed E-state index contributed by atoms with van der Waals surface area (Å²) in [5, 5.41) is 3.37. The lowest BCUT2D eigenvalue weighted by atomic mass is 10.2. The number of benzene rings is 1. The van der Waals surface area contributed by atoms with Crippen LogP contribution in [0.5, 0.6) is 0 Å². The molecule has 8 nitrogen and oxygen atoms in total. The van der Waals surface area contributed by atoms with Crippen LogP contribution < -0.4 is 20.9 Å². The summed E-state index contributed by atoms with van der Waals surface area (Å²) in [4.78, 5) is 15.6. The molecule has 2 fully saturated rings. The Bertz CT molecular complexity index is 806. The average molecular weight is 416 g/mol. The maximum Gasteiger partial charge on any atom is 0.157 e. The summed E-state index contributed by atoms with van der Waals surface area (Å²) in [6.45, 7) is 8.77. The largest absolute Gasteiger partial charge is 0.393 e. The maximum absolute atomic E-state index is 13.2. The molecule has 0 spiro atoms. The fraction of sp³-hybridized carbons (Fsp3) is 0.524. The molecule has 2 aromatic rings. The smallest absolute Gasteiger partial charge is 0.157 e. The minimum atomic E-state index is -0.212. The van der Waals surface area contributed by atoms with E-state index in [9.17, 15) is 4.39 Å². The third-order valence-corrected chi connectivity index (χ3v) is 5.68. The van der Waals surface area contributed by atoms with Crippen LogP contribution in [0.4, 0.5) is 27.4 Å². The molecule has 162 valence electrons. The molecular weight excluding hydrogens is 385 g/mol. The van der Waals surface area contributed by atoms with Crippen molar-refractivity contribution in [1.29, 1.82) is 0 Å². The van der Waals surface area contributed by atoms with E-state index < -0.39 is 0 Å². The molecule has 9 heteroatoms. The van der Waals surface area contributed by atoms with Crippen LogP contribution in [0.3, 0.4) is 0 Å². The lowest BCUT2D eigenvalue weighted by Crippen LogP contribution is -2.47. The number of halogens is 1. The SMILES string of the molecule is Nc1c(NCCCN2CCOCC2)ncnc1N1CCN(c2ccc(F)cc2)CC1. The van der Waals surface area contributed by atoms with Gasteiger partial charge in [-0.2, -0.15) is 0 Å². The van der Waals surface area contributed by atoms with E-state index in [1.165, 1.54) is 12.1 Å². The van der Waals surface area contributed by atoms with Crippen molar-refractivity contribution in [2.24, 2.45) is 0 Å². The van der Waals surface area contributed by atoms with Crippen molar-refractivity contribution >= 4 is 23.0 Å². The van der Waals surface area contributed by atoms with Gasteiger partial charge < -0.3 is 25.6 Å². The van der Waals surface area contributed by atoms with Crippen LogP contribution in [0.25, 0.3) is 0 Å². The molecule has 0 bridgehead atoms. The number of piperazine rings is 1. The van der Waals surface area contributed by atoms with Crippen LogP contribution in [-0.2, 0) is 4.74 Å². The predicted molar refractivity (Wildman–Crippen MR) is 118 cm³/mol. The molecule has 1 aromatic carbocycles. The number of ether oxygens (including phenoxy) is 1. The van der Waals surface area contributed by atoms with Crippen LogP contribution >= 0.6 is 0 Å². The van der Waals surface area contributed by atoms with Gasteiger partial charge in [-0.15, -0.1) is 0 Å². The molecule has 0 unspecified atom stereocenters. The number of nitrogens with one attached hydrogen (secondary N) is 1. The number of rotatable bonds is 7. The Balaban J connectivity index is 1.29. The molecule has 0 saturated carbocycles. The fourth-order valence-electron chi connectivity index (χ4n) is 3.94. The molecule has 3 N–H and O–H groups in total. The number of hydrogen-bond donors (Lipinski definition) is 2. The second-order valence-corrected chi connectivity index (χ2v) is 7.64. The highest BCUT2D eigenvalue weighted by Crippen LogP contribution is 2.27. The number of nitrogen functional groups attached to an aromatic ring is 1. The van der Waals surface area contributed by atoms with Gasteiger partial charge in [0.15, 0.2) is 11.6 Å². The van der Waals surface area contributed by atoms with Gasteiger partial charge in [0.05, 0.1) is 13.2 Å². The van der Waals surface area contributed by atoms with Crippen molar-refractivity contribution in [3.63, 3.8) is 0 Å². The molecule has 0 atom stereocenters. The van der Waals surface area contributed by atoms with Crippen LogP contribution in [0, 0.1) is 5.82 Å². The Hall–Kier alpha value is -2.65. The van der Waals surface area contributed by atoms with E-state index in [0.717, 1.165) is 83.5 Å². The topological polar surface area (TPSA) is 82.8 Å². The Morgan fingerprint density at radius 2 is 1.67 bits per heavy atom. The molecule has 0 radical (unpaired) electrons. The molecule has 1 aromatic heterocycles. The van der Waals surface area contributed by atoms with Gasteiger partial charge in [-0.05, 0) is 37.2 Å². The van der Waals surface area contributed by atoms with Crippen molar-refractivity contribution in [2.45, 2.75) is 6.42 Å². The highest BCUT2D eigenvalue weighted by molar-refractivity contribution is 5.75. The Kier molecular flexibility index (Phi) is 6.81. The molecule has 0 aliphatic carbocycles. The number of nitrogens with zero attached hydrogens (tertiary/aromatic N) is 5. The van der Waals surface area contributed by atoms with E-state index in [0.29, 0.717) is 11.5 Å². The lowest BCUT2D eigenvalue weighted by molar-refractivity contribution is 0.0378. The molecule has 2 saturated heterocycles. The van der Waals surface area contributed by atoms with E-state index >= 15 is 0 Å². The van der Waals surface area contributed by atoms with Gasteiger partial charge in [0, 0.05) is 51.5 Å². The maximum atomic E-state index is 13.2. The first-order chi connectivity index (χ1) is 14.7. The van der Waals surface area contributed by atoms with E-state index in [1.807, 2.05) is 12.1 Å². The molecule has 4 rings (SSSR count). The highest BCUT2D eigenvalue weighted by Gasteiger charge is 2.21. The Morgan fingerprint density at radius 1 is 0.967 bits per heavy atom. The van der Waals surface area contributed by atoms with Gasteiger partial charge in [-0.25, -0.2) is 14.4 Å². The summed E-state index contributed by atoms with van der Waals surface area (Å²) < 4.78 is 18.5. The fourth-order valence-corrected chi connectivity index (χ4v) is 3.94. The summed E-state index contributed by atoms with van der Waals surface area (Å²) >= 11 is 0. The van der Waals surface area contributed by atoms with E-state index in [-0.39, 0.29) is 5.82 Å². The summed E-state index contributed by atoms with van der Waals surface area (Å²) in [6.07, 6.45) is 2.59. The first kappa shape index (κ1) is 20.6. The minimum Gasteiger partial charge on any atom is -0.393 e. The van der Waals surface area contributed by atoms with Crippen LogP contribution in [0.2, 0.25) is 0 Å². The standard InChI is InChI=1S/C21H30FN7O/c22-17-2-4-18(5-3-17)28-8-10-29(11-9-28)21-19(23)20(25-16-26-21)24-6-1-7-27-12-14-30-15-13-27/h2-5,16H,1,6-15,23H2,(H,24,25,26). The molecular formula is C21H30FN7O. The summed E-state index contributed by atoms with van der Waals surface area (Å²) in [7, 11) is 0. The summed E-state index contributed by atoms with van der Waals surface area (Å²) in [5.41, 5.74) is 8.02. The van der Waals surface area contributed by atoms with Gasteiger partial charge in [0.25, 0.3) is 0 Å².